The van der Waals surface area contributed by atoms with Crippen LogP contribution in [0.1, 0.15) is 19.4 Å². The van der Waals surface area contributed by atoms with Crippen molar-refractivity contribution < 1.29 is 14.2 Å². The molecule has 2 aromatic rings. The molecular weight excluding hydrogens is 344 g/mol. The molecule has 0 bridgehead atoms. The maximum atomic E-state index is 5.93. The van der Waals surface area contributed by atoms with Crippen LogP contribution >= 0.6 is 0 Å². The third kappa shape index (κ3) is 7.05. The minimum atomic E-state index is -0.0398. The molecule has 27 heavy (non-hydrogen) atoms. The molecule has 1 unspecified atom stereocenters. The number of rotatable bonds is 9. The molecule has 1 atom stereocenters. The Morgan fingerprint density at radius 3 is 2.67 bits per heavy atom. The fraction of sp³-hybridized carbons (Fsp3) is 0.400. The fourth-order valence-electron chi connectivity index (χ4n) is 2.36. The minimum Gasteiger partial charge on any atom is -0.497 e. The van der Waals surface area contributed by atoms with E-state index in [4.69, 9.17) is 14.2 Å². The van der Waals surface area contributed by atoms with Crippen molar-refractivity contribution in [2.24, 2.45) is 4.99 Å². The second-order valence-electron chi connectivity index (χ2n) is 5.89. The number of nitrogens with one attached hydrogen (secondary N) is 2. The molecule has 2 rings (SSSR count). The van der Waals surface area contributed by atoms with E-state index in [1.54, 1.807) is 20.4 Å². The molecule has 0 aliphatic rings. The van der Waals surface area contributed by atoms with Gasteiger partial charge in [0.2, 0.25) is 5.88 Å². The van der Waals surface area contributed by atoms with Crippen molar-refractivity contribution in [2.75, 3.05) is 27.3 Å². The Kier molecular flexibility index (Phi) is 8.22. The molecule has 1 aromatic heterocycles. The number of methoxy groups -OCH3 is 2. The summed E-state index contributed by atoms with van der Waals surface area (Å²) in [7, 11) is 3.24. The lowest BCUT2D eigenvalue weighted by Crippen LogP contribution is -2.41. The maximum absolute atomic E-state index is 5.93. The van der Waals surface area contributed by atoms with Gasteiger partial charge in [0.1, 0.15) is 17.6 Å². The smallest absolute Gasteiger partial charge is 0.213 e. The molecule has 0 saturated heterocycles. The predicted molar refractivity (Wildman–Crippen MR) is 107 cm³/mol. The van der Waals surface area contributed by atoms with Crippen molar-refractivity contribution in [1.29, 1.82) is 0 Å². The predicted octanol–water partition coefficient (Wildman–Crippen LogP) is 2.62. The van der Waals surface area contributed by atoms with Gasteiger partial charge in [0.15, 0.2) is 5.96 Å². The first-order chi connectivity index (χ1) is 13.1. The largest absolute Gasteiger partial charge is 0.497 e. The van der Waals surface area contributed by atoms with Gasteiger partial charge in [0.25, 0.3) is 0 Å². The highest BCUT2D eigenvalue weighted by Gasteiger charge is 2.07. The second kappa shape index (κ2) is 10.9. The van der Waals surface area contributed by atoms with E-state index in [-0.39, 0.29) is 6.10 Å². The lowest BCUT2D eigenvalue weighted by Gasteiger charge is -2.18. The number of ether oxygens (including phenoxy) is 3. The normalized spacial score (nSPS) is 12.2. The van der Waals surface area contributed by atoms with E-state index in [1.165, 1.54) is 0 Å². The average Bonchev–Trinajstić information content (AvgIpc) is 2.70. The van der Waals surface area contributed by atoms with Crippen molar-refractivity contribution >= 4 is 5.96 Å². The Morgan fingerprint density at radius 2 is 1.93 bits per heavy atom. The summed E-state index contributed by atoms with van der Waals surface area (Å²) in [5.41, 5.74) is 1.03. The summed E-state index contributed by atoms with van der Waals surface area (Å²) < 4.78 is 16.3. The summed E-state index contributed by atoms with van der Waals surface area (Å²) in [6.45, 7) is 5.95. The zero-order chi connectivity index (χ0) is 19.5. The number of pyridine rings is 1. The molecule has 7 nitrogen and oxygen atoms in total. The van der Waals surface area contributed by atoms with Gasteiger partial charge in [-0.25, -0.2) is 9.98 Å². The van der Waals surface area contributed by atoms with Crippen LogP contribution in [-0.4, -0.2) is 44.4 Å². The minimum absolute atomic E-state index is 0.0398. The van der Waals surface area contributed by atoms with Crippen molar-refractivity contribution in [3.63, 3.8) is 0 Å². The number of aromatic nitrogens is 1. The lowest BCUT2D eigenvalue weighted by molar-refractivity contribution is 0.223. The van der Waals surface area contributed by atoms with Gasteiger partial charge in [-0.1, -0.05) is 6.07 Å². The summed E-state index contributed by atoms with van der Waals surface area (Å²) in [5.74, 6) is 2.86. The first-order valence-corrected chi connectivity index (χ1v) is 8.96. The molecule has 1 aromatic carbocycles. The highest BCUT2D eigenvalue weighted by molar-refractivity contribution is 5.79. The molecule has 0 radical (unpaired) electrons. The second-order valence-corrected chi connectivity index (χ2v) is 5.89. The average molecular weight is 372 g/mol. The monoisotopic (exact) mass is 372 g/mol. The first-order valence-electron chi connectivity index (χ1n) is 8.96. The van der Waals surface area contributed by atoms with Gasteiger partial charge in [-0.05, 0) is 37.6 Å². The van der Waals surface area contributed by atoms with E-state index in [1.807, 2.05) is 50.2 Å². The number of nitrogens with zero attached hydrogens (tertiary/aromatic N) is 2. The van der Waals surface area contributed by atoms with Gasteiger partial charge >= 0.3 is 0 Å². The highest BCUT2D eigenvalue weighted by Crippen LogP contribution is 2.19. The molecule has 0 amide bonds. The van der Waals surface area contributed by atoms with Crippen LogP contribution in [0, 0.1) is 0 Å². The van der Waals surface area contributed by atoms with E-state index < -0.39 is 0 Å². The van der Waals surface area contributed by atoms with Gasteiger partial charge in [0, 0.05) is 24.9 Å². The third-order valence-electron chi connectivity index (χ3n) is 3.71. The van der Waals surface area contributed by atoms with Gasteiger partial charge in [-0.3, -0.25) is 0 Å². The van der Waals surface area contributed by atoms with Crippen molar-refractivity contribution in [1.82, 2.24) is 15.6 Å². The van der Waals surface area contributed by atoms with Crippen LogP contribution in [0.3, 0.4) is 0 Å². The zero-order valence-corrected chi connectivity index (χ0v) is 16.4. The Morgan fingerprint density at radius 1 is 1.11 bits per heavy atom. The summed E-state index contributed by atoms with van der Waals surface area (Å²) >= 11 is 0. The molecule has 0 aliphatic heterocycles. The zero-order valence-electron chi connectivity index (χ0n) is 16.4. The van der Waals surface area contributed by atoms with Crippen LogP contribution in [0.4, 0.5) is 0 Å². The van der Waals surface area contributed by atoms with Crippen LogP contribution in [0.25, 0.3) is 0 Å². The van der Waals surface area contributed by atoms with Gasteiger partial charge in [-0.2, -0.15) is 0 Å². The number of benzene rings is 1. The van der Waals surface area contributed by atoms with Crippen molar-refractivity contribution in [3.05, 3.63) is 48.2 Å². The summed E-state index contributed by atoms with van der Waals surface area (Å²) in [5, 5.41) is 6.54. The first kappa shape index (κ1) is 20.4. The quantitative estimate of drug-likeness (QED) is 0.520. The van der Waals surface area contributed by atoms with Gasteiger partial charge in [0.05, 0.1) is 27.3 Å². The molecule has 1 heterocycles. The van der Waals surface area contributed by atoms with Crippen LogP contribution < -0.4 is 24.8 Å². The van der Waals surface area contributed by atoms with Crippen molar-refractivity contribution in [3.8, 4) is 17.4 Å². The molecule has 0 spiro atoms. The molecule has 0 aliphatic carbocycles. The van der Waals surface area contributed by atoms with E-state index in [0.29, 0.717) is 19.0 Å². The molecule has 2 N–H and O–H groups in total. The molecule has 7 heteroatoms. The van der Waals surface area contributed by atoms with E-state index in [2.05, 4.69) is 20.6 Å². The summed E-state index contributed by atoms with van der Waals surface area (Å²) in [6, 6.07) is 11.4. The topological polar surface area (TPSA) is 77.0 Å². The number of hydrogen-bond donors (Lipinski definition) is 2. The van der Waals surface area contributed by atoms with Gasteiger partial charge < -0.3 is 24.8 Å². The standard InChI is InChI=1S/C20H28N4O3/c1-5-21-20(24-14-16-9-10-22-19(11-16)26-4)23-13-15(2)27-18-8-6-7-17(12-18)25-3/h6-12,15H,5,13-14H2,1-4H3,(H2,21,23,24). The highest BCUT2D eigenvalue weighted by atomic mass is 16.5. The van der Waals surface area contributed by atoms with Crippen LogP contribution in [-0.2, 0) is 6.54 Å². The lowest BCUT2D eigenvalue weighted by atomic mass is 10.3. The number of aliphatic imine (C=N–C) groups is 1. The summed E-state index contributed by atoms with van der Waals surface area (Å²) in [4.78, 5) is 8.71. The third-order valence-corrected chi connectivity index (χ3v) is 3.71. The molecule has 146 valence electrons. The maximum Gasteiger partial charge on any atom is 0.213 e. The van der Waals surface area contributed by atoms with E-state index in [9.17, 15) is 0 Å². The Balaban J connectivity index is 1.90. The van der Waals surface area contributed by atoms with E-state index >= 15 is 0 Å². The van der Waals surface area contributed by atoms with Crippen LogP contribution in [0.5, 0.6) is 17.4 Å². The SMILES string of the molecule is CCNC(=NCc1ccnc(OC)c1)NCC(C)Oc1cccc(OC)c1. The van der Waals surface area contributed by atoms with Crippen molar-refractivity contribution in [2.45, 2.75) is 26.5 Å². The van der Waals surface area contributed by atoms with Gasteiger partial charge in [-0.15, -0.1) is 0 Å². The fourth-order valence-corrected chi connectivity index (χ4v) is 2.36. The van der Waals surface area contributed by atoms with Crippen LogP contribution in [0.15, 0.2) is 47.6 Å². The molecule has 0 fully saturated rings. The molecular formula is C20H28N4O3. The Hall–Kier alpha value is -2.96. The van der Waals surface area contributed by atoms with E-state index in [0.717, 1.165) is 29.6 Å². The number of guanidine groups is 1. The molecule has 0 saturated carbocycles. The number of hydrogen-bond acceptors (Lipinski definition) is 5. The summed E-state index contributed by atoms with van der Waals surface area (Å²) in [6.07, 6.45) is 1.68. The van der Waals surface area contributed by atoms with Crippen LogP contribution in [0.2, 0.25) is 0 Å². The Bertz CT molecular complexity index is 737. The Labute approximate surface area is 160 Å².